The summed E-state index contributed by atoms with van der Waals surface area (Å²) in [6.07, 6.45) is 3.65. The lowest BCUT2D eigenvalue weighted by molar-refractivity contribution is 0.0743. The highest BCUT2D eigenvalue weighted by atomic mass is 16.5. The van der Waals surface area contributed by atoms with Crippen molar-refractivity contribution < 1.29 is 14.3 Å². The Bertz CT molecular complexity index is 1080. The number of carbonyl (C=O) groups is 2. The molecule has 0 aliphatic carbocycles. The van der Waals surface area contributed by atoms with E-state index in [1.165, 1.54) is 0 Å². The van der Waals surface area contributed by atoms with E-state index in [-0.39, 0.29) is 17.9 Å². The number of ether oxygens (including phenoxy) is 1. The van der Waals surface area contributed by atoms with Gasteiger partial charge in [-0.1, -0.05) is 18.2 Å². The van der Waals surface area contributed by atoms with Crippen LogP contribution < -0.4 is 10.1 Å². The van der Waals surface area contributed by atoms with Gasteiger partial charge in [0.15, 0.2) is 0 Å². The summed E-state index contributed by atoms with van der Waals surface area (Å²) >= 11 is 0. The molecule has 2 amide bonds. The second-order valence-corrected chi connectivity index (χ2v) is 7.24. The third-order valence-corrected chi connectivity index (χ3v) is 5.38. The Kier molecular flexibility index (Phi) is 5.16. The molecular formula is C23H23N3O3. The number of anilines is 1. The number of nitrogens with zero attached hydrogens (tertiary/aromatic N) is 2. The molecule has 6 heteroatoms. The van der Waals surface area contributed by atoms with E-state index in [9.17, 15) is 9.59 Å². The summed E-state index contributed by atoms with van der Waals surface area (Å²) in [5.74, 6) is 0.173. The normalized spacial score (nSPS) is 16.1. The van der Waals surface area contributed by atoms with Crippen molar-refractivity contribution in [2.75, 3.05) is 19.0 Å². The average Bonchev–Trinajstić information content (AvgIpc) is 3.18. The molecule has 0 spiro atoms. The van der Waals surface area contributed by atoms with Gasteiger partial charge in [-0.3, -0.25) is 14.6 Å². The van der Waals surface area contributed by atoms with E-state index in [4.69, 9.17) is 4.74 Å². The minimum Gasteiger partial charge on any atom is -0.497 e. The zero-order valence-corrected chi connectivity index (χ0v) is 16.5. The van der Waals surface area contributed by atoms with Gasteiger partial charge >= 0.3 is 0 Å². The van der Waals surface area contributed by atoms with Crippen molar-refractivity contribution in [1.29, 1.82) is 0 Å². The first-order valence-electron chi connectivity index (χ1n) is 9.72. The number of benzene rings is 2. The molecule has 1 aromatic heterocycles. The second-order valence-electron chi connectivity index (χ2n) is 7.24. The van der Waals surface area contributed by atoms with E-state index in [2.05, 4.69) is 10.3 Å². The highest BCUT2D eigenvalue weighted by Crippen LogP contribution is 2.29. The molecule has 1 fully saturated rings. The number of amides is 2. The van der Waals surface area contributed by atoms with Crippen molar-refractivity contribution in [2.24, 2.45) is 0 Å². The maximum Gasteiger partial charge on any atom is 0.256 e. The maximum atomic E-state index is 13.1. The predicted molar refractivity (Wildman–Crippen MR) is 112 cm³/mol. The van der Waals surface area contributed by atoms with Crippen molar-refractivity contribution in [3.05, 3.63) is 65.9 Å². The molecule has 148 valence electrons. The standard InChI is InChI=1S/C23H23N3O3/c1-15-7-6-12-26(15)23(28)19-10-4-3-9-18(19)22(27)25-20-14-17(29-2)13-16-8-5-11-24-21(16)20/h3-5,8-11,13-15H,6-7,12H2,1-2H3,(H,25,27). The van der Waals surface area contributed by atoms with Gasteiger partial charge in [-0.2, -0.15) is 0 Å². The number of methoxy groups -OCH3 is 1. The van der Waals surface area contributed by atoms with Crippen LogP contribution in [-0.4, -0.2) is 41.4 Å². The largest absolute Gasteiger partial charge is 0.497 e. The van der Waals surface area contributed by atoms with Crippen LogP contribution in [0.3, 0.4) is 0 Å². The molecule has 3 aromatic rings. The van der Waals surface area contributed by atoms with Gasteiger partial charge in [0.1, 0.15) is 5.75 Å². The Morgan fingerprint density at radius 3 is 2.66 bits per heavy atom. The summed E-state index contributed by atoms with van der Waals surface area (Å²) in [7, 11) is 1.58. The summed E-state index contributed by atoms with van der Waals surface area (Å²) in [5, 5.41) is 3.78. The first-order chi connectivity index (χ1) is 14.1. The minimum atomic E-state index is -0.346. The molecule has 1 unspecified atom stereocenters. The number of hydrogen-bond donors (Lipinski definition) is 1. The van der Waals surface area contributed by atoms with E-state index >= 15 is 0 Å². The summed E-state index contributed by atoms with van der Waals surface area (Å²) in [5.41, 5.74) is 1.97. The molecule has 2 aromatic carbocycles. The van der Waals surface area contributed by atoms with Gasteiger partial charge < -0.3 is 15.0 Å². The van der Waals surface area contributed by atoms with Crippen LogP contribution in [0.1, 0.15) is 40.5 Å². The number of hydrogen-bond acceptors (Lipinski definition) is 4. The van der Waals surface area contributed by atoms with E-state index in [1.807, 2.05) is 30.0 Å². The monoisotopic (exact) mass is 389 g/mol. The average molecular weight is 389 g/mol. The molecule has 0 bridgehead atoms. The molecule has 1 atom stereocenters. The van der Waals surface area contributed by atoms with Crippen LogP contribution in [0.4, 0.5) is 5.69 Å². The van der Waals surface area contributed by atoms with Gasteiger partial charge in [-0.15, -0.1) is 0 Å². The minimum absolute atomic E-state index is 0.102. The molecule has 29 heavy (non-hydrogen) atoms. The van der Waals surface area contributed by atoms with Crippen molar-refractivity contribution >= 4 is 28.4 Å². The highest BCUT2D eigenvalue weighted by Gasteiger charge is 2.28. The van der Waals surface area contributed by atoms with Crippen molar-refractivity contribution in [1.82, 2.24) is 9.88 Å². The topological polar surface area (TPSA) is 71.5 Å². The highest BCUT2D eigenvalue weighted by molar-refractivity contribution is 6.14. The molecular weight excluding hydrogens is 366 g/mol. The number of pyridine rings is 1. The van der Waals surface area contributed by atoms with Crippen LogP contribution >= 0.6 is 0 Å². The zero-order chi connectivity index (χ0) is 20.4. The summed E-state index contributed by atoms with van der Waals surface area (Å²) < 4.78 is 5.35. The SMILES string of the molecule is COc1cc(NC(=O)c2ccccc2C(=O)N2CCCC2C)c2ncccc2c1. The summed E-state index contributed by atoms with van der Waals surface area (Å²) in [4.78, 5) is 32.4. The Morgan fingerprint density at radius 2 is 1.93 bits per heavy atom. The van der Waals surface area contributed by atoms with Gasteiger partial charge in [-0.05, 0) is 44.0 Å². The predicted octanol–water partition coefficient (Wildman–Crippen LogP) is 4.12. The number of likely N-dealkylation sites (tertiary alicyclic amines) is 1. The van der Waals surface area contributed by atoms with Gasteiger partial charge in [0.2, 0.25) is 0 Å². The quantitative estimate of drug-likeness (QED) is 0.729. The first-order valence-corrected chi connectivity index (χ1v) is 9.72. The maximum absolute atomic E-state index is 13.1. The smallest absolute Gasteiger partial charge is 0.256 e. The lowest BCUT2D eigenvalue weighted by Crippen LogP contribution is -2.35. The lowest BCUT2D eigenvalue weighted by Gasteiger charge is -2.22. The van der Waals surface area contributed by atoms with Gasteiger partial charge in [-0.25, -0.2) is 0 Å². The van der Waals surface area contributed by atoms with Crippen LogP contribution in [0.5, 0.6) is 5.75 Å². The van der Waals surface area contributed by atoms with Crippen LogP contribution in [0, 0.1) is 0 Å². The number of aromatic nitrogens is 1. The van der Waals surface area contributed by atoms with E-state index in [1.54, 1.807) is 43.6 Å². The third-order valence-electron chi connectivity index (χ3n) is 5.38. The number of fused-ring (bicyclic) bond motifs is 1. The fraction of sp³-hybridized carbons (Fsp3) is 0.261. The Balaban J connectivity index is 1.68. The zero-order valence-electron chi connectivity index (χ0n) is 16.5. The molecule has 1 aliphatic rings. The molecule has 2 heterocycles. The van der Waals surface area contributed by atoms with Gasteiger partial charge in [0.25, 0.3) is 11.8 Å². The Hall–Kier alpha value is -3.41. The lowest BCUT2D eigenvalue weighted by atomic mass is 10.0. The van der Waals surface area contributed by atoms with Crippen molar-refractivity contribution in [2.45, 2.75) is 25.8 Å². The van der Waals surface area contributed by atoms with E-state index < -0.39 is 0 Å². The Morgan fingerprint density at radius 1 is 1.14 bits per heavy atom. The fourth-order valence-corrected chi connectivity index (χ4v) is 3.82. The fourth-order valence-electron chi connectivity index (χ4n) is 3.82. The molecule has 0 radical (unpaired) electrons. The van der Waals surface area contributed by atoms with Crippen LogP contribution in [-0.2, 0) is 0 Å². The van der Waals surface area contributed by atoms with Crippen molar-refractivity contribution in [3.8, 4) is 5.75 Å². The molecule has 0 saturated carbocycles. The number of carbonyl (C=O) groups excluding carboxylic acids is 2. The van der Waals surface area contributed by atoms with Crippen LogP contribution in [0.15, 0.2) is 54.7 Å². The van der Waals surface area contributed by atoms with E-state index in [0.717, 1.165) is 24.8 Å². The number of rotatable bonds is 4. The molecule has 6 nitrogen and oxygen atoms in total. The Labute approximate surface area is 169 Å². The third kappa shape index (κ3) is 3.66. The second kappa shape index (κ2) is 7.91. The summed E-state index contributed by atoms with van der Waals surface area (Å²) in [6, 6.07) is 14.5. The van der Waals surface area contributed by atoms with Crippen molar-refractivity contribution in [3.63, 3.8) is 0 Å². The first kappa shape index (κ1) is 18.9. The summed E-state index contributed by atoms with van der Waals surface area (Å²) in [6.45, 7) is 2.77. The number of nitrogens with one attached hydrogen (secondary N) is 1. The van der Waals surface area contributed by atoms with E-state index in [0.29, 0.717) is 28.1 Å². The van der Waals surface area contributed by atoms with Gasteiger partial charge in [0.05, 0.1) is 29.4 Å². The molecule has 1 aliphatic heterocycles. The van der Waals surface area contributed by atoms with Crippen LogP contribution in [0.2, 0.25) is 0 Å². The molecule has 1 N–H and O–H groups in total. The molecule has 1 saturated heterocycles. The molecule has 4 rings (SSSR count). The van der Waals surface area contributed by atoms with Gasteiger partial charge in [0, 0.05) is 30.2 Å². The van der Waals surface area contributed by atoms with Crippen LogP contribution in [0.25, 0.3) is 10.9 Å².